The van der Waals surface area contributed by atoms with E-state index in [1.165, 1.54) is 25.7 Å². The van der Waals surface area contributed by atoms with Gasteiger partial charge in [-0.25, -0.2) is 9.59 Å². The maximum atomic E-state index is 12.1. The fraction of sp³-hybridized carbons (Fsp3) is 0.882. The predicted molar refractivity (Wildman–Crippen MR) is 87.7 cm³/mol. The van der Waals surface area contributed by atoms with Gasteiger partial charge in [0.2, 0.25) is 0 Å². The summed E-state index contributed by atoms with van der Waals surface area (Å²) in [4.78, 5) is 23.6. The molecule has 0 aromatic rings. The number of hydrogen-bond donors (Lipinski definition) is 1. The van der Waals surface area contributed by atoms with Gasteiger partial charge in [0.15, 0.2) is 0 Å². The van der Waals surface area contributed by atoms with E-state index in [4.69, 9.17) is 9.47 Å². The first-order valence-corrected chi connectivity index (χ1v) is 8.66. The molecule has 1 amide bonds. The molecule has 0 aromatic heterocycles. The molecule has 0 aliphatic carbocycles. The summed E-state index contributed by atoms with van der Waals surface area (Å²) in [7, 11) is 0. The van der Waals surface area contributed by atoms with Gasteiger partial charge in [-0.2, -0.15) is 0 Å². The van der Waals surface area contributed by atoms with Crippen LogP contribution in [-0.4, -0.2) is 31.3 Å². The molecule has 2 unspecified atom stereocenters. The smallest absolute Gasteiger partial charge is 0.407 e. The van der Waals surface area contributed by atoms with E-state index < -0.39 is 12.1 Å². The summed E-state index contributed by atoms with van der Waals surface area (Å²) in [5.74, 6) is -0.350. The van der Waals surface area contributed by atoms with Crippen LogP contribution < -0.4 is 5.32 Å². The topological polar surface area (TPSA) is 64.6 Å². The van der Waals surface area contributed by atoms with E-state index in [9.17, 15) is 9.59 Å². The summed E-state index contributed by atoms with van der Waals surface area (Å²) < 4.78 is 10.1. The minimum atomic E-state index is -0.635. The Balaban J connectivity index is 4.09. The third-order valence-electron chi connectivity index (χ3n) is 3.76. The van der Waals surface area contributed by atoms with Crippen molar-refractivity contribution in [1.29, 1.82) is 0 Å². The van der Waals surface area contributed by atoms with Gasteiger partial charge in [-0.05, 0) is 19.3 Å². The van der Waals surface area contributed by atoms with Gasteiger partial charge in [0, 0.05) is 0 Å². The normalized spacial score (nSPS) is 13.3. The second-order valence-electron chi connectivity index (χ2n) is 5.66. The van der Waals surface area contributed by atoms with E-state index in [0.717, 1.165) is 19.3 Å². The Hall–Kier alpha value is -1.26. The number of carbonyl (C=O) groups excluding carboxylic acids is 2. The van der Waals surface area contributed by atoms with Crippen molar-refractivity contribution in [2.45, 2.75) is 78.7 Å². The van der Waals surface area contributed by atoms with Gasteiger partial charge in [0.25, 0.3) is 0 Å². The Bertz CT molecular complexity index is 307. The van der Waals surface area contributed by atoms with Gasteiger partial charge in [-0.15, -0.1) is 0 Å². The zero-order valence-corrected chi connectivity index (χ0v) is 14.7. The molecule has 22 heavy (non-hydrogen) atoms. The second kappa shape index (κ2) is 13.4. The Morgan fingerprint density at radius 3 is 2.18 bits per heavy atom. The molecule has 0 fully saturated rings. The SMILES string of the molecule is CCCCCCCCOC(=O)C(NC(=O)OCC)C(C)CC. The van der Waals surface area contributed by atoms with Crippen molar-refractivity contribution in [2.75, 3.05) is 13.2 Å². The average Bonchev–Trinajstić information content (AvgIpc) is 2.51. The lowest BCUT2D eigenvalue weighted by Gasteiger charge is -2.22. The highest BCUT2D eigenvalue weighted by Gasteiger charge is 2.27. The number of nitrogens with one attached hydrogen (secondary N) is 1. The first kappa shape index (κ1) is 20.7. The van der Waals surface area contributed by atoms with Crippen molar-refractivity contribution < 1.29 is 19.1 Å². The van der Waals surface area contributed by atoms with Crippen molar-refractivity contribution >= 4 is 12.1 Å². The molecule has 0 aromatic carbocycles. The fourth-order valence-electron chi connectivity index (χ4n) is 2.11. The summed E-state index contributed by atoms with van der Waals surface area (Å²) in [6.07, 6.45) is 7.08. The van der Waals surface area contributed by atoms with Gasteiger partial charge >= 0.3 is 12.1 Å². The van der Waals surface area contributed by atoms with E-state index in [2.05, 4.69) is 12.2 Å². The van der Waals surface area contributed by atoms with Crippen LogP contribution >= 0.6 is 0 Å². The van der Waals surface area contributed by atoms with Crippen molar-refractivity contribution in [1.82, 2.24) is 5.32 Å². The Kier molecular flexibility index (Phi) is 12.6. The number of ether oxygens (including phenoxy) is 2. The molecule has 0 heterocycles. The molecule has 5 nitrogen and oxygen atoms in total. The van der Waals surface area contributed by atoms with E-state index in [-0.39, 0.29) is 18.5 Å². The molecule has 0 rings (SSSR count). The van der Waals surface area contributed by atoms with Crippen LogP contribution in [0.25, 0.3) is 0 Å². The molecule has 0 saturated carbocycles. The van der Waals surface area contributed by atoms with E-state index in [0.29, 0.717) is 6.61 Å². The zero-order valence-electron chi connectivity index (χ0n) is 14.7. The lowest BCUT2D eigenvalue weighted by Crippen LogP contribution is -2.46. The number of carbonyl (C=O) groups is 2. The molecule has 0 spiro atoms. The molecule has 0 aliphatic heterocycles. The van der Waals surface area contributed by atoms with Gasteiger partial charge in [0.1, 0.15) is 6.04 Å². The molecule has 0 bridgehead atoms. The zero-order chi connectivity index (χ0) is 16.8. The lowest BCUT2D eigenvalue weighted by molar-refractivity contribution is -0.147. The summed E-state index contributed by atoms with van der Waals surface area (Å²) in [5, 5.41) is 2.60. The number of esters is 1. The Morgan fingerprint density at radius 1 is 0.955 bits per heavy atom. The van der Waals surface area contributed by atoms with E-state index >= 15 is 0 Å². The first-order chi connectivity index (χ1) is 10.6. The molecule has 130 valence electrons. The predicted octanol–water partition coefficient (Wildman–Crippen LogP) is 4.05. The number of hydrogen-bond acceptors (Lipinski definition) is 4. The van der Waals surface area contributed by atoms with E-state index in [1.807, 2.05) is 13.8 Å². The van der Waals surface area contributed by atoms with Crippen molar-refractivity contribution in [3.8, 4) is 0 Å². The summed E-state index contributed by atoms with van der Waals surface area (Å²) in [5.41, 5.74) is 0. The molecule has 2 atom stereocenters. The largest absolute Gasteiger partial charge is 0.464 e. The molecule has 1 N–H and O–H groups in total. The van der Waals surface area contributed by atoms with Gasteiger partial charge in [-0.1, -0.05) is 59.3 Å². The third kappa shape index (κ3) is 9.64. The van der Waals surface area contributed by atoms with Gasteiger partial charge < -0.3 is 14.8 Å². The fourth-order valence-corrected chi connectivity index (χ4v) is 2.11. The first-order valence-electron chi connectivity index (χ1n) is 8.66. The van der Waals surface area contributed by atoms with Crippen LogP contribution in [0.15, 0.2) is 0 Å². The maximum Gasteiger partial charge on any atom is 0.407 e. The van der Waals surface area contributed by atoms with Crippen LogP contribution in [0.3, 0.4) is 0 Å². The minimum Gasteiger partial charge on any atom is -0.464 e. The Labute approximate surface area is 135 Å². The molecular weight excluding hydrogens is 282 g/mol. The van der Waals surface area contributed by atoms with Gasteiger partial charge in [0.05, 0.1) is 13.2 Å². The average molecular weight is 315 g/mol. The highest BCUT2D eigenvalue weighted by Crippen LogP contribution is 2.11. The van der Waals surface area contributed by atoms with Crippen LogP contribution in [-0.2, 0) is 14.3 Å². The summed E-state index contributed by atoms with van der Waals surface area (Å²) in [6.45, 7) is 8.52. The second-order valence-corrected chi connectivity index (χ2v) is 5.66. The molecule has 0 radical (unpaired) electrons. The number of amides is 1. The highest BCUT2D eigenvalue weighted by atomic mass is 16.6. The van der Waals surface area contributed by atoms with Crippen LogP contribution in [0.1, 0.15) is 72.6 Å². The van der Waals surface area contributed by atoms with Gasteiger partial charge in [-0.3, -0.25) is 0 Å². The third-order valence-corrected chi connectivity index (χ3v) is 3.76. The number of alkyl carbamates (subject to hydrolysis) is 1. The van der Waals surface area contributed by atoms with Crippen LogP contribution in [0.4, 0.5) is 4.79 Å². The summed E-state index contributed by atoms with van der Waals surface area (Å²) >= 11 is 0. The standard InChI is InChI=1S/C17H33NO4/c1-5-8-9-10-11-12-13-22-16(19)15(14(4)6-2)18-17(20)21-7-3/h14-15H,5-13H2,1-4H3,(H,18,20). The number of rotatable bonds is 12. The summed E-state index contributed by atoms with van der Waals surface area (Å²) in [6, 6.07) is -0.635. The maximum absolute atomic E-state index is 12.1. The molecule has 0 saturated heterocycles. The van der Waals surface area contributed by atoms with Crippen molar-refractivity contribution in [3.05, 3.63) is 0 Å². The van der Waals surface area contributed by atoms with Crippen LogP contribution in [0.2, 0.25) is 0 Å². The number of unbranched alkanes of at least 4 members (excludes halogenated alkanes) is 5. The quantitative estimate of drug-likeness (QED) is 0.436. The van der Waals surface area contributed by atoms with E-state index in [1.54, 1.807) is 6.92 Å². The van der Waals surface area contributed by atoms with Crippen LogP contribution in [0.5, 0.6) is 0 Å². The van der Waals surface area contributed by atoms with Crippen molar-refractivity contribution in [2.24, 2.45) is 5.92 Å². The van der Waals surface area contributed by atoms with Crippen LogP contribution in [0, 0.1) is 5.92 Å². The molecular formula is C17H33NO4. The van der Waals surface area contributed by atoms with Crippen molar-refractivity contribution in [3.63, 3.8) is 0 Å². The monoisotopic (exact) mass is 315 g/mol. The Morgan fingerprint density at radius 2 is 1.59 bits per heavy atom. The molecule has 5 heteroatoms. The minimum absolute atomic E-state index is 0.0152. The lowest BCUT2D eigenvalue weighted by atomic mass is 9.99. The highest BCUT2D eigenvalue weighted by molar-refractivity contribution is 5.81. The molecule has 0 aliphatic rings.